The molecule has 0 aliphatic rings. The van der Waals surface area contributed by atoms with Crippen LogP contribution < -0.4 is 15.2 Å². The van der Waals surface area contributed by atoms with E-state index in [-0.39, 0.29) is 6.61 Å². The summed E-state index contributed by atoms with van der Waals surface area (Å²) in [5, 5.41) is 7.16. The summed E-state index contributed by atoms with van der Waals surface area (Å²) in [6.07, 6.45) is -6.75. The number of carbonyl (C=O) groups excluding carboxylic acids is 1. The quantitative estimate of drug-likeness (QED) is 0.403. The number of primary sulfonamides is 1. The van der Waals surface area contributed by atoms with Gasteiger partial charge in [-0.1, -0.05) is 44.7 Å². The lowest BCUT2D eigenvalue weighted by atomic mass is 10.1. The Morgan fingerprint density at radius 1 is 1.31 bits per heavy atom. The molecule has 2 aromatic carbocycles. The van der Waals surface area contributed by atoms with Crippen LogP contribution in [-0.4, -0.2) is 27.5 Å². The molecule has 0 fully saturated rings. The number of ether oxygens (including phenoxy) is 2. The summed E-state index contributed by atoms with van der Waals surface area (Å²) in [6.45, 7) is -5.75. The van der Waals surface area contributed by atoms with Crippen molar-refractivity contribution in [2.75, 3.05) is 18.4 Å². The van der Waals surface area contributed by atoms with Crippen LogP contribution in [0.3, 0.4) is 0 Å². The van der Waals surface area contributed by atoms with Crippen LogP contribution in [-0.2, 0) is 14.8 Å². The fourth-order valence-corrected chi connectivity index (χ4v) is 2.74. The maximum absolute atomic E-state index is 12.7. The molecule has 0 saturated heterocycles. The normalized spacial score (nSPS) is 20.1. The van der Waals surface area contributed by atoms with Gasteiger partial charge in [-0.25, -0.2) is 18.4 Å². The zero-order valence-corrected chi connectivity index (χ0v) is 16.1. The predicted molar refractivity (Wildman–Crippen MR) is 113 cm³/mol. The highest BCUT2D eigenvalue weighted by molar-refractivity contribution is 7.89. The number of rotatable bonds is 11. The zero-order valence-electron chi connectivity index (χ0n) is 29.3. The molecule has 0 unspecified atom stereocenters. The van der Waals surface area contributed by atoms with E-state index in [9.17, 15) is 13.2 Å². The Kier molecular flexibility index (Phi) is 3.71. The number of benzene rings is 2. The number of nitrogens with one attached hydrogen (secondary N) is 1. The second kappa shape index (κ2) is 10.8. The molecule has 0 radical (unpaired) electrons. The molecular weight excluding hydrogens is 392 g/mol. The molecule has 0 bridgehead atoms. The first-order valence-corrected chi connectivity index (χ1v) is 9.79. The number of esters is 1. The summed E-state index contributed by atoms with van der Waals surface area (Å²) in [5.74, 6) is -3.21. The van der Waals surface area contributed by atoms with Gasteiger partial charge in [-0.15, -0.1) is 0 Å². The average Bonchev–Trinajstić information content (AvgIpc) is 2.87. The van der Waals surface area contributed by atoms with E-state index in [1.807, 2.05) is 5.32 Å². The molecule has 2 rings (SSSR count). The molecule has 0 aliphatic heterocycles. The van der Waals surface area contributed by atoms with Crippen molar-refractivity contribution in [3.05, 3.63) is 47.9 Å². The van der Waals surface area contributed by atoms with Gasteiger partial charge in [0.15, 0.2) is 5.75 Å². The van der Waals surface area contributed by atoms with Gasteiger partial charge in [-0.2, -0.15) is 0 Å². The summed E-state index contributed by atoms with van der Waals surface area (Å²) in [5.41, 5.74) is -1.55. The lowest BCUT2D eigenvalue weighted by Gasteiger charge is -2.17. The number of hydrogen-bond acceptors (Lipinski definition) is 6. The number of carbonyl (C=O) groups is 1. The molecule has 29 heavy (non-hydrogen) atoms. The molecule has 7 nitrogen and oxygen atoms in total. The number of hydrogen-bond donors (Lipinski definition) is 2. The highest BCUT2D eigenvalue weighted by Gasteiger charge is 2.24. The van der Waals surface area contributed by atoms with Crippen molar-refractivity contribution in [3.8, 4) is 11.5 Å². The minimum Gasteiger partial charge on any atom is -0.462 e. The summed E-state index contributed by atoms with van der Waals surface area (Å²) in [7, 11) is -4.96. The molecule has 2 aromatic rings. The van der Waals surface area contributed by atoms with Crippen molar-refractivity contribution in [1.29, 1.82) is 0 Å². The highest BCUT2D eigenvalue weighted by Crippen LogP contribution is 2.37. The van der Waals surface area contributed by atoms with E-state index in [1.54, 1.807) is 6.92 Å². The Hall–Kier alpha value is -2.58. The van der Waals surface area contributed by atoms with E-state index in [4.69, 9.17) is 33.8 Å². The maximum atomic E-state index is 12.7. The van der Waals surface area contributed by atoms with Gasteiger partial charge in [0.05, 0.1) is 24.7 Å². The number of para-hydroxylation sites is 1. The van der Waals surface area contributed by atoms with Crippen LogP contribution in [0, 0.1) is 0 Å². The highest BCUT2D eigenvalue weighted by atomic mass is 32.2. The summed E-state index contributed by atoms with van der Waals surface area (Å²) in [4.78, 5) is 11.6. The fraction of sp³-hybridized carbons (Fsp3) is 0.381. The van der Waals surface area contributed by atoms with Crippen molar-refractivity contribution < 1.29 is 41.9 Å². The van der Waals surface area contributed by atoms with Gasteiger partial charge in [-0.3, -0.25) is 0 Å². The minimum absolute atomic E-state index is 0.119. The van der Waals surface area contributed by atoms with E-state index in [2.05, 4.69) is 0 Å². The van der Waals surface area contributed by atoms with Crippen LogP contribution in [0.15, 0.2) is 47.2 Å². The van der Waals surface area contributed by atoms with E-state index >= 15 is 0 Å². The van der Waals surface area contributed by atoms with Gasteiger partial charge >= 0.3 is 5.97 Å². The maximum Gasteiger partial charge on any atom is 0.338 e. The van der Waals surface area contributed by atoms with Gasteiger partial charge < -0.3 is 14.8 Å². The van der Waals surface area contributed by atoms with Crippen LogP contribution in [0.4, 0.5) is 5.69 Å². The van der Waals surface area contributed by atoms with Crippen LogP contribution in [0.5, 0.6) is 11.5 Å². The third kappa shape index (κ3) is 6.76. The predicted octanol–water partition coefficient (Wildman–Crippen LogP) is 4.30. The van der Waals surface area contributed by atoms with E-state index in [0.717, 1.165) is 0 Å². The smallest absolute Gasteiger partial charge is 0.338 e. The first-order chi connectivity index (χ1) is 19.3. The number of unbranched alkanes of at least 4 members (excludes halogenated alkanes) is 1. The van der Waals surface area contributed by atoms with Gasteiger partial charge in [0, 0.05) is 18.8 Å². The minimum atomic E-state index is -4.96. The molecule has 8 heteroatoms. The van der Waals surface area contributed by atoms with Gasteiger partial charge in [0.1, 0.15) is 10.6 Å². The second-order valence-electron chi connectivity index (χ2n) is 5.44. The zero-order chi connectivity index (χ0) is 33.5. The second-order valence-corrected chi connectivity index (χ2v) is 6.97. The number of sulfonamides is 1. The van der Waals surface area contributed by atoms with Crippen LogP contribution in [0.25, 0.3) is 0 Å². The lowest BCUT2D eigenvalue weighted by Crippen LogP contribution is -2.17. The average molecular weight is 435 g/mol. The summed E-state index contributed by atoms with van der Waals surface area (Å²) < 4.78 is 146. The first kappa shape index (κ1) is 9.95. The Balaban J connectivity index is 2.96. The largest absolute Gasteiger partial charge is 0.462 e. The molecule has 0 heterocycles. The summed E-state index contributed by atoms with van der Waals surface area (Å²) >= 11 is 0. The van der Waals surface area contributed by atoms with Crippen molar-refractivity contribution in [2.45, 2.75) is 44.3 Å². The molecule has 0 saturated carbocycles. The Labute approximate surface area is 191 Å². The van der Waals surface area contributed by atoms with Gasteiger partial charge in [0.25, 0.3) is 0 Å². The fourth-order valence-electron chi connectivity index (χ4n) is 2.04. The van der Waals surface area contributed by atoms with Crippen molar-refractivity contribution in [2.24, 2.45) is 5.14 Å². The Bertz CT molecular complexity index is 1480. The van der Waals surface area contributed by atoms with Crippen LogP contribution in [0.2, 0.25) is 0 Å². The topological polar surface area (TPSA) is 108 Å². The molecule has 0 spiro atoms. The standard InChI is InChI=1S/C21H28N2O5S/c1-3-5-12-23-18-14-16(21(24)27-13-6-4-2)15-19(29(22,25)26)20(18)28-17-10-8-7-9-11-17/h7-11,14-15,23H,3-6,12-13H2,1-2H3,(H2,22,25,26)/i1D3,3D2,5D2,7D,8D,9D,10D,11D,12D2. The van der Waals surface area contributed by atoms with Crippen LogP contribution in [0.1, 0.15) is 68.9 Å². The lowest BCUT2D eigenvalue weighted by molar-refractivity contribution is 0.0499. The monoisotopic (exact) mass is 434 g/mol. The van der Waals surface area contributed by atoms with E-state index < -0.39 is 99.9 Å². The third-order valence-electron chi connectivity index (χ3n) is 3.33. The molecular formula is C21H28N2O5S. The first-order valence-electron chi connectivity index (χ1n) is 15.2. The number of anilines is 1. The molecule has 0 aliphatic carbocycles. The van der Waals surface area contributed by atoms with E-state index in [0.29, 0.717) is 25.0 Å². The Morgan fingerprint density at radius 3 is 2.72 bits per heavy atom. The summed E-state index contributed by atoms with van der Waals surface area (Å²) in [6, 6.07) is -3.27. The number of nitrogens with two attached hydrogens (primary N) is 1. The molecule has 0 atom stereocenters. The molecule has 0 amide bonds. The van der Waals surface area contributed by atoms with Crippen molar-refractivity contribution >= 4 is 21.7 Å². The van der Waals surface area contributed by atoms with Crippen LogP contribution >= 0.6 is 0 Å². The molecule has 0 aromatic heterocycles. The molecule has 158 valence electrons. The Morgan fingerprint density at radius 2 is 2.07 bits per heavy atom. The van der Waals surface area contributed by atoms with Crippen molar-refractivity contribution in [1.82, 2.24) is 0 Å². The van der Waals surface area contributed by atoms with Gasteiger partial charge in [-0.05, 0) is 37.0 Å². The molecule has 3 N–H and O–H groups in total. The third-order valence-corrected chi connectivity index (χ3v) is 4.25. The van der Waals surface area contributed by atoms with Gasteiger partial charge in [0.2, 0.25) is 10.0 Å². The van der Waals surface area contributed by atoms with E-state index in [1.165, 1.54) is 0 Å². The van der Waals surface area contributed by atoms with Crippen molar-refractivity contribution in [3.63, 3.8) is 0 Å². The SMILES string of the molecule is [2H]c1c([2H])c([2H])c(Oc2c(NC([2H])([2H])C([2H])([2H])C([2H])([2H])C([2H])([2H])[2H])cc(C(=O)OCCCC)cc2S(N)(=O)=O)c([2H])c1[2H].